The highest BCUT2D eigenvalue weighted by Crippen LogP contribution is 2.41. The van der Waals surface area contributed by atoms with Gasteiger partial charge < -0.3 is 9.53 Å². The zero-order chi connectivity index (χ0) is 17.3. The number of hydrogen-bond donors (Lipinski definition) is 1. The maximum Gasteiger partial charge on any atom is 0.192 e. The van der Waals surface area contributed by atoms with E-state index < -0.39 is 14.4 Å². The highest BCUT2D eigenvalue weighted by Gasteiger charge is 2.42. The predicted molar refractivity (Wildman–Crippen MR) is 98.3 cm³/mol. The fraction of sp³-hybridized carbons (Fsp3) is 0.647. The molecule has 0 amide bonds. The van der Waals surface area contributed by atoms with Crippen LogP contribution in [0.2, 0.25) is 28.2 Å². The van der Waals surface area contributed by atoms with Gasteiger partial charge in [-0.3, -0.25) is 0 Å². The average Bonchev–Trinajstić information content (AvgIpc) is 2.33. The van der Waals surface area contributed by atoms with Gasteiger partial charge in [0.15, 0.2) is 8.32 Å². The van der Waals surface area contributed by atoms with Gasteiger partial charge in [0, 0.05) is 15.6 Å². The minimum atomic E-state index is -2.01. The van der Waals surface area contributed by atoms with Crippen molar-refractivity contribution in [1.29, 1.82) is 0 Å². The van der Waals surface area contributed by atoms with E-state index >= 15 is 0 Å². The van der Waals surface area contributed by atoms with Crippen molar-refractivity contribution in [2.75, 3.05) is 0 Å². The van der Waals surface area contributed by atoms with Gasteiger partial charge in [0.25, 0.3) is 0 Å². The molecule has 0 aliphatic heterocycles. The molecule has 1 unspecified atom stereocenters. The molecule has 2 atom stereocenters. The van der Waals surface area contributed by atoms with Crippen molar-refractivity contribution < 1.29 is 9.53 Å². The Morgan fingerprint density at radius 2 is 1.55 bits per heavy atom. The van der Waals surface area contributed by atoms with E-state index in [2.05, 4.69) is 33.9 Å². The molecule has 0 aliphatic carbocycles. The normalized spacial score (nSPS) is 16.0. The molecule has 0 aromatic heterocycles. The number of aliphatic hydroxyl groups is 1. The second-order valence-corrected chi connectivity index (χ2v) is 13.2. The van der Waals surface area contributed by atoms with Crippen LogP contribution in [0.3, 0.4) is 0 Å². The Morgan fingerprint density at radius 3 is 1.91 bits per heavy atom. The molecule has 0 saturated heterocycles. The van der Waals surface area contributed by atoms with Crippen molar-refractivity contribution in [3.63, 3.8) is 0 Å². The zero-order valence-electron chi connectivity index (χ0n) is 14.6. The monoisotopic (exact) mass is 362 g/mol. The molecule has 1 aromatic rings. The minimum absolute atomic E-state index is 0.0735. The lowest BCUT2D eigenvalue weighted by Gasteiger charge is -2.42. The van der Waals surface area contributed by atoms with Gasteiger partial charge in [-0.1, -0.05) is 63.9 Å². The second kappa shape index (κ2) is 7.23. The van der Waals surface area contributed by atoms with Gasteiger partial charge in [0.2, 0.25) is 0 Å². The Balaban J connectivity index is 3.17. The smallest absolute Gasteiger partial charge is 0.192 e. The summed E-state index contributed by atoms with van der Waals surface area (Å²) < 4.78 is 6.46. The summed E-state index contributed by atoms with van der Waals surface area (Å²) in [6.07, 6.45) is -1.17. The molecule has 1 rings (SSSR count). The molecule has 1 aromatic carbocycles. The van der Waals surface area contributed by atoms with E-state index in [1.807, 2.05) is 13.8 Å². The maximum atomic E-state index is 10.9. The van der Waals surface area contributed by atoms with Gasteiger partial charge in [0.1, 0.15) is 6.10 Å². The van der Waals surface area contributed by atoms with Crippen molar-refractivity contribution in [2.45, 2.75) is 65.0 Å². The lowest BCUT2D eigenvalue weighted by Crippen LogP contribution is -2.47. The van der Waals surface area contributed by atoms with Crippen LogP contribution in [0.5, 0.6) is 0 Å². The third-order valence-corrected chi connectivity index (χ3v) is 9.63. The maximum absolute atomic E-state index is 10.9. The lowest BCUT2D eigenvalue weighted by atomic mass is 9.96. The SMILES string of the molecule is CC(C)C(O[Si](C)(C)C(C)(C)C)[C@@H](O)c1c(Cl)cccc1Cl. The first kappa shape index (κ1) is 20.0. The van der Waals surface area contributed by atoms with E-state index in [0.29, 0.717) is 15.6 Å². The van der Waals surface area contributed by atoms with Crippen molar-refractivity contribution in [3.8, 4) is 0 Å². The average molecular weight is 363 g/mol. The van der Waals surface area contributed by atoms with Crippen molar-refractivity contribution in [2.24, 2.45) is 5.92 Å². The Morgan fingerprint density at radius 1 is 1.09 bits per heavy atom. The fourth-order valence-electron chi connectivity index (χ4n) is 2.04. The Labute approximate surface area is 145 Å². The third-order valence-electron chi connectivity index (χ3n) is 4.50. The first-order valence-corrected chi connectivity index (χ1v) is 11.3. The molecule has 2 nitrogen and oxygen atoms in total. The van der Waals surface area contributed by atoms with Crippen LogP contribution in [0.4, 0.5) is 0 Å². The minimum Gasteiger partial charge on any atom is -0.411 e. The van der Waals surface area contributed by atoms with Gasteiger partial charge in [-0.2, -0.15) is 0 Å². The number of aliphatic hydroxyl groups excluding tert-OH is 1. The van der Waals surface area contributed by atoms with Gasteiger partial charge in [0.05, 0.1) is 6.10 Å². The van der Waals surface area contributed by atoms with Crippen LogP contribution >= 0.6 is 23.2 Å². The molecule has 0 heterocycles. The van der Waals surface area contributed by atoms with E-state index in [1.165, 1.54) is 0 Å². The number of rotatable bonds is 5. The van der Waals surface area contributed by atoms with E-state index in [9.17, 15) is 5.11 Å². The topological polar surface area (TPSA) is 29.5 Å². The van der Waals surface area contributed by atoms with E-state index in [-0.39, 0.29) is 17.1 Å². The van der Waals surface area contributed by atoms with Crippen molar-refractivity contribution in [1.82, 2.24) is 0 Å². The van der Waals surface area contributed by atoms with Crippen LogP contribution in [0, 0.1) is 5.92 Å². The molecule has 0 bridgehead atoms. The van der Waals surface area contributed by atoms with E-state index in [0.717, 1.165) is 0 Å². The fourth-order valence-corrected chi connectivity index (χ4v) is 4.10. The number of benzene rings is 1. The standard InChI is InChI=1S/C17H28Cl2O2Si/c1-11(2)16(21-22(6,7)17(3,4)5)15(20)14-12(18)9-8-10-13(14)19/h8-11,15-16,20H,1-7H3/t15-,16?/m0/s1. The van der Waals surface area contributed by atoms with E-state index in [1.54, 1.807) is 18.2 Å². The highest BCUT2D eigenvalue weighted by atomic mass is 35.5. The van der Waals surface area contributed by atoms with Crippen molar-refractivity contribution in [3.05, 3.63) is 33.8 Å². The highest BCUT2D eigenvalue weighted by molar-refractivity contribution is 6.74. The molecule has 126 valence electrons. The number of halogens is 2. The quantitative estimate of drug-likeness (QED) is 0.643. The largest absolute Gasteiger partial charge is 0.411 e. The van der Waals surface area contributed by atoms with Gasteiger partial charge in [-0.25, -0.2) is 0 Å². The van der Waals surface area contributed by atoms with Crippen LogP contribution in [0.1, 0.15) is 46.3 Å². The Kier molecular flexibility index (Phi) is 6.56. The molecule has 0 radical (unpaired) electrons. The van der Waals surface area contributed by atoms with Crippen LogP contribution in [-0.2, 0) is 4.43 Å². The lowest BCUT2D eigenvalue weighted by molar-refractivity contribution is -0.000749. The summed E-state index contributed by atoms with van der Waals surface area (Å²) in [5, 5.41) is 11.9. The molecule has 0 aliphatic rings. The molecule has 0 fully saturated rings. The van der Waals surface area contributed by atoms with Gasteiger partial charge >= 0.3 is 0 Å². The Bertz CT molecular complexity index is 490. The zero-order valence-corrected chi connectivity index (χ0v) is 17.1. The molecule has 0 saturated carbocycles. The molecular weight excluding hydrogens is 335 g/mol. The molecule has 1 N–H and O–H groups in total. The first-order valence-electron chi connectivity index (χ1n) is 7.68. The predicted octanol–water partition coefficient (Wildman–Crippen LogP) is 6.07. The van der Waals surface area contributed by atoms with Crippen molar-refractivity contribution >= 4 is 31.5 Å². The first-order chi connectivity index (χ1) is 9.88. The summed E-state index contributed by atoms with van der Waals surface area (Å²) in [5.74, 6) is 0.150. The summed E-state index contributed by atoms with van der Waals surface area (Å²) in [6.45, 7) is 15.0. The molecular formula is C17H28Cl2O2Si. The summed E-state index contributed by atoms with van der Waals surface area (Å²) in [6, 6.07) is 5.27. The molecule has 0 spiro atoms. The molecule has 5 heteroatoms. The molecule has 22 heavy (non-hydrogen) atoms. The number of hydrogen-bond acceptors (Lipinski definition) is 2. The summed E-state index contributed by atoms with van der Waals surface area (Å²) in [4.78, 5) is 0. The third kappa shape index (κ3) is 4.48. The van der Waals surface area contributed by atoms with Gasteiger partial charge in [-0.05, 0) is 36.2 Å². The van der Waals surface area contributed by atoms with Crippen LogP contribution < -0.4 is 0 Å². The van der Waals surface area contributed by atoms with Crippen LogP contribution in [-0.4, -0.2) is 19.5 Å². The van der Waals surface area contributed by atoms with E-state index in [4.69, 9.17) is 27.6 Å². The van der Waals surface area contributed by atoms with Gasteiger partial charge in [-0.15, -0.1) is 0 Å². The van der Waals surface area contributed by atoms with Crippen LogP contribution in [0.25, 0.3) is 0 Å². The second-order valence-electron chi connectivity index (χ2n) is 7.67. The summed E-state index contributed by atoms with van der Waals surface area (Å²) in [5.41, 5.74) is 0.559. The summed E-state index contributed by atoms with van der Waals surface area (Å²) in [7, 11) is -2.01. The van der Waals surface area contributed by atoms with Crippen LogP contribution in [0.15, 0.2) is 18.2 Å². The Hall–Kier alpha value is -0.0631. The summed E-state index contributed by atoms with van der Waals surface area (Å²) >= 11 is 12.5.